The van der Waals surface area contributed by atoms with Crippen LogP contribution in [-0.2, 0) is 4.79 Å². The summed E-state index contributed by atoms with van der Waals surface area (Å²) in [7, 11) is 0. The Morgan fingerprint density at radius 2 is 2.17 bits per heavy atom. The third-order valence-corrected chi connectivity index (χ3v) is 3.55. The Morgan fingerprint density at radius 3 is 2.58 bits per heavy atom. The number of rotatable bonds is 2. The maximum absolute atomic E-state index is 11.6. The number of hydrogen-bond donors (Lipinski definition) is 1. The van der Waals surface area contributed by atoms with Gasteiger partial charge in [0.2, 0.25) is 0 Å². The largest absolute Gasteiger partial charge is 0.322 e. The van der Waals surface area contributed by atoms with Crippen molar-refractivity contribution in [3.05, 3.63) is 0 Å². The summed E-state index contributed by atoms with van der Waals surface area (Å²) in [5, 5.41) is 0. The van der Waals surface area contributed by atoms with Crippen LogP contribution >= 0.6 is 0 Å². The third-order valence-electron chi connectivity index (χ3n) is 3.55. The van der Waals surface area contributed by atoms with Crippen LogP contribution in [-0.4, -0.2) is 11.8 Å². The highest BCUT2D eigenvalue weighted by Gasteiger charge is 2.43. The Balaban J connectivity index is 2.02. The van der Waals surface area contributed by atoms with E-state index >= 15 is 0 Å². The van der Waals surface area contributed by atoms with Gasteiger partial charge in [0.15, 0.2) is 5.78 Å². The summed E-state index contributed by atoms with van der Waals surface area (Å²) in [6.45, 7) is 1.81. The zero-order valence-corrected chi connectivity index (χ0v) is 7.62. The number of hydrogen-bond acceptors (Lipinski definition) is 2. The van der Waals surface area contributed by atoms with E-state index in [1.165, 1.54) is 19.3 Å². The van der Waals surface area contributed by atoms with Gasteiger partial charge in [0, 0.05) is 5.92 Å². The molecule has 2 saturated carbocycles. The van der Waals surface area contributed by atoms with Crippen LogP contribution in [0.2, 0.25) is 0 Å². The summed E-state index contributed by atoms with van der Waals surface area (Å²) in [6, 6.07) is -0.241. The maximum atomic E-state index is 11.6. The van der Waals surface area contributed by atoms with E-state index in [9.17, 15) is 4.79 Å². The Labute approximate surface area is 73.5 Å². The molecular weight excluding hydrogens is 150 g/mol. The molecule has 4 atom stereocenters. The molecule has 0 radical (unpaired) electrons. The second kappa shape index (κ2) is 2.84. The normalized spacial score (nSPS) is 41.7. The third kappa shape index (κ3) is 1.18. The number of ketones is 1. The van der Waals surface area contributed by atoms with Gasteiger partial charge in [0.25, 0.3) is 0 Å². The SMILES string of the molecule is C[C@H](N)C(=O)C1CC2CCC1C2. The second-order valence-electron chi connectivity index (χ2n) is 4.47. The van der Waals surface area contributed by atoms with E-state index in [1.807, 2.05) is 6.92 Å². The molecule has 0 amide bonds. The highest BCUT2D eigenvalue weighted by molar-refractivity contribution is 5.86. The van der Waals surface area contributed by atoms with Crippen LogP contribution in [0, 0.1) is 17.8 Å². The molecule has 0 saturated heterocycles. The van der Waals surface area contributed by atoms with E-state index < -0.39 is 0 Å². The monoisotopic (exact) mass is 167 g/mol. The molecule has 2 heteroatoms. The predicted molar refractivity (Wildman–Crippen MR) is 47.6 cm³/mol. The molecular formula is C10H17NO. The molecule has 0 aromatic heterocycles. The molecule has 0 aromatic rings. The minimum Gasteiger partial charge on any atom is -0.322 e. The minimum absolute atomic E-state index is 0.241. The summed E-state index contributed by atoms with van der Waals surface area (Å²) < 4.78 is 0. The summed E-state index contributed by atoms with van der Waals surface area (Å²) in [5.74, 6) is 2.17. The van der Waals surface area contributed by atoms with Gasteiger partial charge in [-0.2, -0.15) is 0 Å². The minimum atomic E-state index is -0.241. The summed E-state index contributed by atoms with van der Waals surface area (Å²) >= 11 is 0. The zero-order valence-electron chi connectivity index (χ0n) is 7.62. The molecule has 0 spiro atoms. The van der Waals surface area contributed by atoms with Crippen molar-refractivity contribution >= 4 is 5.78 Å². The lowest BCUT2D eigenvalue weighted by atomic mass is 9.84. The average Bonchev–Trinajstić information content (AvgIpc) is 2.62. The van der Waals surface area contributed by atoms with Crippen molar-refractivity contribution in [2.24, 2.45) is 23.5 Å². The number of nitrogens with two attached hydrogens (primary N) is 1. The molecule has 0 heterocycles. The van der Waals surface area contributed by atoms with E-state index in [-0.39, 0.29) is 6.04 Å². The number of fused-ring (bicyclic) bond motifs is 2. The molecule has 3 unspecified atom stereocenters. The Bertz CT molecular complexity index is 200. The van der Waals surface area contributed by atoms with Gasteiger partial charge in [-0.25, -0.2) is 0 Å². The van der Waals surface area contributed by atoms with Crippen molar-refractivity contribution in [2.75, 3.05) is 0 Å². The topological polar surface area (TPSA) is 43.1 Å². The van der Waals surface area contributed by atoms with Crippen LogP contribution in [0.3, 0.4) is 0 Å². The lowest BCUT2D eigenvalue weighted by Gasteiger charge is -2.21. The van der Waals surface area contributed by atoms with Gasteiger partial charge in [0.05, 0.1) is 6.04 Å². The molecule has 0 aliphatic heterocycles. The first-order valence-electron chi connectivity index (χ1n) is 4.97. The van der Waals surface area contributed by atoms with Gasteiger partial charge < -0.3 is 5.73 Å². The van der Waals surface area contributed by atoms with Crippen LogP contribution in [0.4, 0.5) is 0 Å². The standard InChI is InChI=1S/C10H17NO/c1-6(11)10(12)9-5-7-2-3-8(9)4-7/h6-9H,2-5,11H2,1H3/t6-,7?,8?,9?/m0/s1. The molecule has 12 heavy (non-hydrogen) atoms. The van der Waals surface area contributed by atoms with Gasteiger partial charge in [-0.05, 0) is 38.0 Å². The van der Waals surface area contributed by atoms with E-state index in [0.29, 0.717) is 17.6 Å². The lowest BCUT2D eigenvalue weighted by molar-refractivity contribution is -0.125. The lowest BCUT2D eigenvalue weighted by Crippen LogP contribution is -2.35. The number of carbonyl (C=O) groups excluding carboxylic acids is 1. The Kier molecular flexibility index (Phi) is 1.95. The highest BCUT2D eigenvalue weighted by Crippen LogP contribution is 2.48. The van der Waals surface area contributed by atoms with Crippen molar-refractivity contribution in [2.45, 2.75) is 38.6 Å². The van der Waals surface area contributed by atoms with Crippen molar-refractivity contribution in [3.8, 4) is 0 Å². The maximum Gasteiger partial charge on any atom is 0.152 e. The van der Waals surface area contributed by atoms with Gasteiger partial charge >= 0.3 is 0 Å². The molecule has 2 aliphatic rings. The first-order chi connectivity index (χ1) is 5.68. The molecule has 2 bridgehead atoms. The average molecular weight is 167 g/mol. The van der Waals surface area contributed by atoms with Gasteiger partial charge in [0.1, 0.15) is 0 Å². The Morgan fingerprint density at radius 1 is 1.42 bits per heavy atom. The summed E-state index contributed by atoms with van der Waals surface area (Å²) in [6.07, 6.45) is 5.05. The fraction of sp³-hybridized carbons (Fsp3) is 0.900. The van der Waals surface area contributed by atoms with E-state index in [1.54, 1.807) is 0 Å². The van der Waals surface area contributed by atoms with Crippen molar-refractivity contribution in [1.82, 2.24) is 0 Å². The molecule has 2 N–H and O–H groups in total. The fourth-order valence-corrected chi connectivity index (χ4v) is 2.93. The number of Topliss-reactive ketones (excluding diaryl/α,β-unsaturated/α-hetero) is 1. The first kappa shape index (κ1) is 8.24. The van der Waals surface area contributed by atoms with Crippen LogP contribution in [0.5, 0.6) is 0 Å². The van der Waals surface area contributed by atoms with Crippen LogP contribution < -0.4 is 5.73 Å². The summed E-state index contributed by atoms with van der Waals surface area (Å²) in [5.41, 5.74) is 5.60. The fourth-order valence-electron chi connectivity index (χ4n) is 2.93. The van der Waals surface area contributed by atoms with Crippen LogP contribution in [0.15, 0.2) is 0 Å². The Hall–Kier alpha value is -0.370. The number of carbonyl (C=O) groups is 1. The molecule has 2 aliphatic carbocycles. The molecule has 68 valence electrons. The summed E-state index contributed by atoms with van der Waals surface area (Å²) in [4.78, 5) is 11.6. The van der Waals surface area contributed by atoms with Crippen LogP contribution in [0.25, 0.3) is 0 Å². The van der Waals surface area contributed by atoms with Crippen molar-refractivity contribution < 1.29 is 4.79 Å². The van der Waals surface area contributed by atoms with Gasteiger partial charge in [-0.15, -0.1) is 0 Å². The first-order valence-corrected chi connectivity index (χ1v) is 4.97. The smallest absolute Gasteiger partial charge is 0.152 e. The second-order valence-corrected chi connectivity index (χ2v) is 4.47. The van der Waals surface area contributed by atoms with Gasteiger partial charge in [-0.1, -0.05) is 6.42 Å². The van der Waals surface area contributed by atoms with E-state index in [0.717, 1.165) is 12.3 Å². The zero-order chi connectivity index (χ0) is 8.72. The van der Waals surface area contributed by atoms with Crippen molar-refractivity contribution in [3.63, 3.8) is 0 Å². The van der Waals surface area contributed by atoms with E-state index in [4.69, 9.17) is 5.73 Å². The quantitative estimate of drug-likeness (QED) is 0.674. The predicted octanol–water partition coefficient (Wildman–Crippen LogP) is 1.34. The molecule has 2 fully saturated rings. The van der Waals surface area contributed by atoms with Crippen molar-refractivity contribution in [1.29, 1.82) is 0 Å². The molecule has 2 nitrogen and oxygen atoms in total. The molecule has 2 rings (SSSR count). The van der Waals surface area contributed by atoms with Crippen LogP contribution in [0.1, 0.15) is 32.6 Å². The highest BCUT2D eigenvalue weighted by atomic mass is 16.1. The van der Waals surface area contributed by atoms with E-state index in [2.05, 4.69) is 0 Å². The molecule has 0 aromatic carbocycles. The van der Waals surface area contributed by atoms with Gasteiger partial charge in [-0.3, -0.25) is 4.79 Å².